The van der Waals surface area contributed by atoms with E-state index in [1.165, 1.54) is 17.4 Å². The van der Waals surface area contributed by atoms with Gasteiger partial charge < -0.3 is 10.4 Å². The third-order valence-electron chi connectivity index (χ3n) is 3.55. The van der Waals surface area contributed by atoms with E-state index in [4.69, 9.17) is 16.7 Å². The number of hydrogen-bond donors (Lipinski definition) is 2. The molecule has 0 saturated heterocycles. The van der Waals surface area contributed by atoms with Gasteiger partial charge in [-0.05, 0) is 18.9 Å². The molecule has 2 aromatic heterocycles. The number of aliphatic carboxylic acids is 1. The van der Waals surface area contributed by atoms with Crippen LogP contribution in [0.15, 0.2) is 17.7 Å². The van der Waals surface area contributed by atoms with Gasteiger partial charge in [0.2, 0.25) is 5.91 Å². The molecule has 0 spiro atoms. The van der Waals surface area contributed by atoms with Gasteiger partial charge in [-0.25, -0.2) is 4.98 Å². The monoisotopic (exact) mass is 325 g/mol. The van der Waals surface area contributed by atoms with E-state index in [1.54, 1.807) is 10.5 Å². The highest BCUT2D eigenvalue weighted by Gasteiger charge is 2.50. The summed E-state index contributed by atoms with van der Waals surface area (Å²) >= 11 is 7.46. The molecule has 1 fully saturated rings. The minimum atomic E-state index is -0.856. The zero-order valence-corrected chi connectivity index (χ0v) is 12.4. The van der Waals surface area contributed by atoms with Gasteiger partial charge in [-0.15, -0.1) is 11.3 Å². The highest BCUT2D eigenvalue weighted by atomic mass is 35.5. The Kier molecular flexibility index (Phi) is 3.46. The van der Waals surface area contributed by atoms with Gasteiger partial charge in [-0.2, -0.15) is 0 Å². The fourth-order valence-corrected chi connectivity index (χ4v) is 3.02. The van der Waals surface area contributed by atoms with Crippen molar-refractivity contribution in [2.24, 2.45) is 5.41 Å². The predicted molar refractivity (Wildman–Crippen MR) is 79.4 cm³/mol. The number of carboxylic acids is 1. The average Bonchev–Trinajstić information content (AvgIpc) is 3.02. The van der Waals surface area contributed by atoms with Gasteiger partial charge in [-0.3, -0.25) is 14.0 Å². The van der Waals surface area contributed by atoms with E-state index < -0.39 is 11.4 Å². The van der Waals surface area contributed by atoms with Crippen LogP contribution in [-0.4, -0.2) is 32.9 Å². The van der Waals surface area contributed by atoms with Crippen molar-refractivity contribution in [3.8, 4) is 0 Å². The van der Waals surface area contributed by atoms with Gasteiger partial charge in [0, 0.05) is 24.2 Å². The summed E-state index contributed by atoms with van der Waals surface area (Å²) in [5.74, 6) is -1.20. The lowest BCUT2D eigenvalue weighted by Crippen LogP contribution is -2.33. The molecule has 1 aliphatic rings. The van der Waals surface area contributed by atoms with Crippen molar-refractivity contribution in [1.29, 1.82) is 0 Å². The standard InChI is InChI=1S/C13H12ClN3O3S/c14-10-8(17-5-6-21-12(17)16-10)1-2-9(18)15-7-13(3-4-13)11(19)20/h1-2,5-6H,3-4,7H2,(H,15,18)(H,19,20)/b2-1+. The van der Waals surface area contributed by atoms with Crippen molar-refractivity contribution < 1.29 is 14.7 Å². The zero-order chi connectivity index (χ0) is 15.0. The van der Waals surface area contributed by atoms with E-state index in [0.717, 1.165) is 4.96 Å². The molecule has 1 saturated carbocycles. The lowest BCUT2D eigenvalue weighted by atomic mass is 10.1. The van der Waals surface area contributed by atoms with Crippen LogP contribution in [0.2, 0.25) is 5.15 Å². The summed E-state index contributed by atoms with van der Waals surface area (Å²) in [4.78, 5) is 27.7. The third-order valence-corrected chi connectivity index (χ3v) is 4.59. The molecule has 2 N–H and O–H groups in total. The second-order valence-corrected chi connectivity index (χ2v) is 6.21. The Morgan fingerprint density at radius 3 is 3.00 bits per heavy atom. The Hall–Kier alpha value is -1.86. The average molecular weight is 326 g/mol. The number of fused-ring (bicyclic) bond motifs is 1. The normalized spacial score (nSPS) is 16.4. The number of aromatic nitrogens is 2. The molecule has 2 aromatic rings. The Morgan fingerprint density at radius 2 is 2.33 bits per heavy atom. The van der Waals surface area contributed by atoms with Crippen LogP contribution in [0.1, 0.15) is 18.5 Å². The van der Waals surface area contributed by atoms with E-state index >= 15 is 0 Å². The Balaban J connectivity index is 1.66. The Labute approximate surface area is 129 Å². The SMILES string of the molecule is O=C(/C=C/c1c(Cl)nc2sccn12)NCC1(C(=O)O)CC1. The predicted octanol–water partition coefficient (Wildman–Crippen LogP) is 2.04. The number of imidazole rings is 1. The lowest BCUT2D eigenvalue weighted by molar-refractivity contribution is -0.143. The number of nitrogens with zero attached hydrogens (tertiary/aromatic N) is 2. The van der Waals surface area contributed by atoms with Crippen LogP contribution in [0.25, 0.3) is 11.0 Å². The van der Waals surface area contributed by atoms with Crippen LogP contribution in [0.5, 0.6) is 0 Å². The van der Waals surface area contributed by atoms with E-state index in [2.05, 4.69) is 10.3 Å². The molecule has 21 heavy (non-hydrogen) atoms. The molecule has 6 nitrogen and oxygen atoms in total. The molecule has 8 heteroatoms. The molecule has 110 valence electrons. The molecule has 1 amide bonds. The summed E-state index contributed by atoms with van der Waals surface area (Å²) in [5, 5.41) is 13.8. The second kappa shape index (κ2) is 5.16. The maximum Gasteiger partial charge on any atom is 0.311 e. The highest BCUT2D eigenvalue weighted by Crippen LogP contribution is 2.45. The molecule has 0 aliphatic heterocycles. The smallest absolute Gasteiger partial charge is 0.311 e. The second-order valence-electron chi connectivity index (χ2n) is 4.98. The minimum absolute atomic E-state index is 0.152. The van der Waals surface area contributed by atoms with Gasteiger partial charge in [0.1, 0.15) is 0 Å². The van der Waals surface area contributed by atoms with Crippen molar-refractivity contribution in [2.75, 3.05) is 6.54 Å². The van der Waals surface area contributed by atoms with Crippen molar-refractivity contribution in [3.05, 3.63) is 28.5 Å². The molecule has 3 rings (SSSR count). The summed E-state index contributed by atoms with van der Waals surface area (Å²) in [6.07, 6.45) is 5.95. The van der Waals surface area contributed by atoms with E-state index in [0.29, 0.717) is 23.7 Å². The molecule has 0 atom stereocenters. The summed E-state index contributed by atoms with van der Waals surface area (Å²) < 4.78 is 1.79. The van der Waals surface area contributed by atoms with Crippen LogP contribution in [0.3, 0.4) is 0 Å². The third kappa shape index (κ3) is 2.66. The van der Waals surface area contributed by atoms with Crippen LogP contribution < -0.4 is 5.32 Å². The molecule has 0 aromatic carbocycles. The fourth-order valence-electron chi connectivity index (χ4n) is 2.01. The molecule has 0 unspecified atom stereocenters. The largest absolute Gasteiger partial charge is 0.481 e. The maximum absolute atomic E-state index is 11.8. The fraction of sp³-hybridized carbons (Fsp3) is 0.308. The van der Waals surface area contributed by atoms with Crippen LogP contribution in [-0.2, 0) is 9.59 Å². The number of halogens is 1. The Morgan fingerprint density at radius 1 is 1.57 bits per heavy atom. The summed E-state index contributed by atoms with van der Waals surface area (Å²) in [5.41, 5.74) is -0.138. The van der Waals surface area contributed by atoms with E-state index in [9.17, 15) is 9.59 Å². The number of nitrogens with one attached hydrogen (secondary N) is 1. The first kappa shape index (κ1) is 14.1. The molecule has 2 heterocycles. The van der Waals surface area contributed by atoms with E-state index in [-0.39, 0.29) is 12.5 Å². The topological polar surface area (TPSA) is 83.7 Å². The molecule has 0 radical (unpaired) electrons. The molecular formula is C13H12ClN3O3S. The van der Waals surface area contributed by atoms with Gasteiger partial charge >= 0.3 is 5.97 Å². The van der Waals surface area contributed by atoms with Crippen molar-refractivity contribution >= 4 is 45.9 Å². The quantitative estimate of drug-likeness (QED) is 0.824. The maximum atomic E-state index is 11.8. The number of carbonyl (C=O) groups excluding carboxylic acids is 1. The number of carbonyl (C=O) groups is 2. The van der Waals surface area contributed by atoms with Gasteiger partial charge in [0.15, 0.2) is 10.1 Å². The summed E-state index contributed by atoms with van der Waals surface area (Å²) in [6, 6.07) is 0. The van der Waals surface area contributed by atoms with Gasteiger partial charge in [0.05, 0.1) is 11.1 Å². The van der Waals surface area contributed by atoms with Crippen LogP contribution in [0, 0.1) is 5.41 Å². The zero-order valence-electron chi connectivity index (χ0n) is 10.9. The molecular weight excluding hydrogens is 314 g/mol. The highest BCUT2D eigenvalue weighted by molar-refractivity contribution is 7.15. The van der Waals surface area contributed by atoms with Crippen molar-refractivity contribution in [2.45, 2.75) is 12.8 Å². The minimum Gasteiger partial charge on any atom is -0.481 e. The number of hydrogen-bond acceptors (Lipinski definition) is 4. The first-order valence-corrected chi connectivity index (χ1v) is 7.58. The van der Waals surface area contributed by atoms with Crippen LogP contribution >= 0.6 is 22.9 Å². The van der Waals surface area contributed by atoms with Crippen molar-refractivity contribution in [3.63, 3.8) is 0 Å². The molecule has 0 bridgehead atoms. The van der Waals surface area contributed by atoms with E-state index in [1.807, 2.05) is 11.6 Å². The summed E-state index contributed by atoms with van der Waals surface area (Å²) in [7, 11) is 0. The first-order chi connectivity index (χ1) is 10.0. The number of amides is 1. The van der Waals surface area contributed by atoms with Gasteiger partial charge in [0.25, 0.3) is 0 Å². The first-order valence-electron chi connectivity index (χ1n) is 6.32. The van der Waals surface area contributed by atoms with Gasteiger partial charge in [-0.1, -0.05) is 11.6 Å². The van der Waals surface area contributed by atoms with Crippen LogP contribution in [0.4, 0.5) is 0 Å². The number of thiazole rings is 1. The van der Waals surface area contributed by atoms with Crippen molar-refractivity contribution in [1.82, 2.24) is 14.7 Å². The molecule has 1 aliphatic carbocycles. The summed E-state index contributed by atoms with van der Waals surface area (Å²) in [6.45, 7) is 0.152. The number of rotatable bonds is 5. The Bertz CT molecular complexity index is 745. The lowest BCUT2D eigenvalue weighted by Gasteiger charge is -2.09. The number of carboxylic acid groups (broad SMARTS) is 1.